The van der Waals surface area contributed by atoms with E-state index in [0.29, 0.717) is 12.8 Å². The fraction of sp³-hybridized carbons (Fsp3) is 0.875. The number of carbonyl (C=O) groups is 2. The third-order valence-electron chi connectivity index (χ3n) is 4.70. The SMILES string of the molecule is CC(OC1CCCCCC1)C(=O)N[C@H]1CC[C@@H](C(=O)O)C1. The van der Waals surface area contributed by atoms with Crippen molar-refractivity contribution < 1.29 is 19.4 Å². The molecule has 2 rings (SSSR count). The minimum Gasteiger partial charge on any atom is -0.481 e. The lowest BCUT2D eigenvalue weighted by atomic mass is 10.1. The number of aliphatic carboxylic acids is 1. The molecule has 0 aromatic heterocycles. The second kappa shape index (κ2) is 7.78. The van der Waals surface area contributed by atoms with Crippen molar-refractivity contribution in [1.82, 2.24) is 5.32 Å². The highest BCUT2D eigenvalue weighted by Gasteiger charge is 2.31. The third-order valence-corrected chi connectivity index (χ3v) is 4.70. The topological polar surface area (TPSA) is 75.6 Å². The molecule has 0 bridgehead atoms. The number of hydrogen-bond donors (Lipinski definition) is 2. The lowest BCUT2D eigenvalue weighted by Crippen LogP contribution is -2.41. The minimum absolute atomic E-state index is 0.0150. The normalized spacial score (nSPS) is 28.8. The number of carbonyl (C=O) groups excluding carboxylic acids is 1. The first kappa shape index (κ1) is 16.3. The smallest absolute Gasteiger partial charge is 0.306 e. The van der Waals surface area contributed by atoms with Gasteiger partial charge >= 0.3 is 5.97 Å². The van der Waals surface area contributed by atoms with Crippen LogP contribution < -0.4 is 5.32 Å². The zero-order valence-electron chi connectivity index (χ0n) is 12.8. The Morgan fingerprint density at radius 3 is 2.33 bits per heavy atom. The highest BCUT2D eigenvalue weighted by Crippen LogP contribution is 2.26. The van der Waals surface area contributed by atoms with Crippen LogP contribution in [0.4, 0.5) is 0 Å². The Morgan fingerprint density at radius 1 is 1.10 bits per heavy atom. The summed E-state index contributed by atoms with van der Waals surface area (Å²) in [5.41, 5.74) is 0. The Morgan fingerprint density at radius 2 is 1.76 bits per heavy atom. The fourth-order valence-electron chi connectivity index (χ4n) is 3.38. The summed E-state index contributed by atoms with van der Waals surface area (Å²) < 4.78 is 5.89. The molecule has 5 heteroatoms. The van der Waals surface area contributed by atoms with Gasteiger partial charge in [0.2, 0.25) is 5.91 Å². The predicted molar refractivity (Wildman–Crippen MR) is 78.9 cm³/mol. The minimum atomic E-state index is -0.755. The maximum Gasteiger partial charge on any atom is 0.306 e. The number of rotatable bonds is 5. The molecule has 0 radical (unpaired) electrons. The summed E-state index contributed by atoms with van der Waals surface area (Å²) in [5, 5.41) is 11.9. The van der Waals surface area contributed by atoms with Gasteiger partial charge in [-0.2, -0.15) is 0 Å². The molecule has 5 nitrogen and oxygen atoms in total. The number of carboxylic acid groups (broad SMARTS) is 1. The Hall–Kier alpha value is -1.10. The van der Waals surface area contributed by atoms with Gasteiger partial charge in [0.05, 0.1) is 12.0 Å². The van der Waals surface area contributed by atoms with Crippen molar-refractivity contribution >= 4 is 11.9 Å². The average Bonchev–Trinajstić information content (AvgIpc) is 2.76. The van der Waals surface area contributed by atoms with E-state index in [1.807, 2.05) is 0 Å². The van der Waals surface area contributed by atoms with Gasteiger partial charge in [-0.1, -0.05) is 25.7 Å². The maximum absolute atomic E-state index is 12.2. The molecule has 2 aliphatic carbocycles. The number of amides is 1. The van der Waals surface area contributed by atoms with Crippen LogP contribution in [0.1, 0.15) is 64.7 Å². The van der Waals surface area contributed by atoms with E-state index >= 15 is 0 Å². The first-order chi connectivity index (χ1) is 10.1. The molecule has 2 aliphatic rings. The Kier molecular flexibility index (Phi) is 6.03. The summed E-state index contributed by atoms with van der Waals surface area (Å²) in [7, 11) is 0. The molecule has 0 spiro atoms. The first-order valence-corrected chi connectivity index (χ1v) is 8.25. The highest BCUT2D eigenvalue weighted by molar-refractivity contribution is 5.81. The van der Waals surface area contributed by atoms with Crippen LogP contribution in [-0.2, 0) is 14.3 Å². The standard InChI is InChI=1S/C16H27NO4/c1-11(21-14-6-4-2-3-5-7-14)15(18)17-13-9-8-12(10-13)16(19)20/h11-14H,2-10H2,1H3,(H,17,18)(H,19,20)/t11?,12-,13+/m1/s1. The lowest BCUT2D eigenvalue weighted by Gasteiger charge is -2.22. The summed E-state index contributed by atoms with van der Waals surface area (Å²) in [4.78, 5) is 23.1. The maximum atomic E-state index is 12.2. The van der Waals surface area contributed by atoms with Gasteiger partial charge in [-0.05, 0) is 39.0 Å². The Bertz CT molecular complexity index is 363. The van der Waals surface area contributed by atoms with E-state index in [9.17, 15) is 9.59 Å². The molecular formula is C16H27NO4. The van der Waals surface area contributed by atoms with E-state index in [1.54, 1.807) is 6.92 Å². The van der Waals surface area contributed by atoms with Crippen LogP contribution in [0.2, 0.25) is 0 Å². The molecule has 0 saturated heterocycles. The van der Waals surface area contributed by atoms with Gasteiger partial charge in [0.25, 0.3) is 0 Å². The summed E-state index contributed by atoms with van der Waals surface area (Å²) in [6, 6.07) is -0.0150. The molecule has 21 heavy (non-hydrogen) atoms. The number of nitrogens with one attached hydrogen (secondary N) is 1. The van der Waals surface area contributed by atoms with E-state index in [0.717, 1.165) is 19.3 Å². The Balaban J connectivity index is 1.73. The second-order valence-corrected chi connectivity index (χ2v) is 6.45. The zero-order chi connectivity index (χ0) is 15.2. The molecule has 120 valence electrons. The van der Waals surface area contributed by atoms with Gasteiger partial charge < -0.3 is 15.2 Å². The van der Waals surface area contributed by atoms with Gasteiger partial charge in [-0.25, -0.2) is 0 Å². The van der Waals surface area contributed by atoms with Gasteiger partial charge in [-0.15, -0.1) is 0 Å². The van der Waals surface area contributed by atoms with Crippen molar-refractivity contribution in [3.05, 3.63) is 0 Å². The summed E-state index contributed by atoms with van der Waals surface area (Å²) in [6.45, 7) is 1.80. The molecular weight excluding hydrogens is 270 g/mol. The number of carboxylic acids is 1. The van der Waals surface area contributed by atoms with E-state index in [1.165, 1.54) is 25.7 Å². The molecule has 2 N–H and O–H groups in total. The van der Waals surface area contributed by atoms with Crippen LogP contribution in [0.15, 0.2) is 0 Å². The van der Waals surface area contributed by atoms with E-state index in [2.05, 4.69) is 5.32 Å². The zero-order valence-corrected chi connectivity index (χ0v) is 12.8. The van der Waals surface area contributed by atoms with Crippen LogP contribution in [0.5, 0.6) is 0 Å². The molecule has 0 aliphatic heterocycles. The molecule has 0 aromatic rings. The van der Waals surface area contributed by atoms with Crippen molar-refractivity contribution in [2.45, 2.75) is 83.0 Å². The van der Waals surface area contributed by atoms with Crippen molar-refractivity contribution in [3.63, 3.8) is 0 Å². The molecule has 2 fully saturated rings. The highest BCUT2D eigenvalue weighted by atomic mass is 16.5. The Labute approximate surface area is 126 Å². The van der Waals surface area contributed by atoms with Crippen LogP contribution in [0.3, 0.4) is 0 Å². The van der Waals surface area contributed by atoms with Gasteiger partial charge in [-0.3, -0.25) is 9.59 Å². The summed E-state index contributed by atoms with van der Waals surface area (Å²) >= 11 is 0. The predicted octanol–water partition coefficient (Wildman–Crippen LogP) is 2.48. The molecule has 1 amide bonds. The first-order valence-electron chi connectivity index (χ1n) is 8.25. The number of hydrogen-bond acceptors (Lipinski definition) is 3. The monoisotopic (exact) mass is 297 g/mol. The molecule has 0 aromatic carbocycles. The van der Waals surface area contributed by atoms with Crippen molar-refractivity contribution in [2.75, 3.05) is 0 Å². The largest absolute Gasteiger partial charge is 0.481 e. The third kappa shape index (κ3) is 4.99. The fourth-order valence-corrected chi connectivity index (χ4v) is 3.38. The second-order valence-electron chi connectivity index (χ2n) is 6.45. The van der Waals surface area contributed by atoms with Crippen molar-refractivity contribution in [3.8, 4) is 0 Å². The van der Waals surface area contributed by atoms with Crippen LogP contribution >= 0.6 is 0 Å². The van der Waals surface area contributed by atoms with E-state index in [-0.39, 0.29) is 24.0 Å². The summed E-state index contributed by atoms with van der Waals surface area (Å²) in [6.07, 6.45) is 8.67. The average molecular weight is 297 g/mol. The molecule has 2 saturated carbocycles. The quantitative estimate of drug-likeness (QED) is 0.764. The summed E-state index contributed by atoms with van der Waals surface area (Å²) in [5.74, 6) is -1.17. The number of ether oxygens (including phenoxy) is 1. The van der Waals surface area contributed by atoms with Gasteiger partial charge in [0.15, 0.2) is 0 Å². The van der Waals surface area contributed by atoms with E-state index < -0.39 is 12.1 Å². The van der Waals surface area contributed by atoms with Crippen LogP contribution in [0, 0.1) is 5.92 Å². The van der Waals surface area contributed by atoms with Crippen LogP contribution in [0.25, 0.3) is 0 Å². The van der Waals surface area contributed by atoms with Crippen molar-refractivity contribution in [1.29, 1.82) is 0 Å². The lowest BCUT2D eigenvalue weighted by molar-refractivity contribution is -0.142. The molecule has 0 heterocycles. The van der Waals surface area contributed by atoms with Gasteiger partial charge in [0, 0.05) is 6.04 Å². The van der Waals surface area contributed by atoms with E-state index in [4.69, 9.17) is 9.84 Å². The molecule has 3 atom stereocenters. The van der Waals surface area contributed by atoms with Crippen LogP contribution in [-0.4, -0.2) is 35.2 Å². The van der Waals surface area contributed by atoms with Crippen molar-refractivity contribution in [2.24, 2.45) is 5.92 Å². The molecule has 1 unspecified atom stereocenters. The van der Waals surface area contributed by atoms with Gasteiger partial charge in [0.1, 0.15) is 6.10 Å².